The van der Waals surface area contributed by atoms with Crippen molar-refractivity contribution >= 4 is 5.91 Å². The van der Waals surface area contributed by atoms with Crippen molar-refractivity contribution in [1.29, 1.82) is 0 Å². The van der Waals surface area contributed by atoms with Crippen LogP contribution in [0.5, 0.6) is 0 Å². The Balaban J connectivity index is 1.62. The van der Waals surface area contributed by atoms with Gasteiger partial charge in [0.2, 0.25) is 0 Å². The average Bonchev–Trinajstić information content (AvgIpc) is 2.93. The van der Waals surface area contributed by atoms with Gasteiger partial charge in [0.1, 0.15) is 11.5 Å². The van der Waals surface area contributed by atoms with E-state index in [0.29, 0.717) is 26.2 Å². The van der Waals surface area contributed by atoms with E-state index in [0.717, 1.165) is 22.7 Å². The van der Waals surface area contributed by atoms with E-state index in [-0.39, 0.29) is 23.7 Å². The smallest absolute Gasteiger partial charge is 0.271 e. The van der Waals surface area contributed by atoms with Crippen LogP contribution < -0.4 is 5.32 Å². The predicted molar refractivity (Wildman–Crippen MR) is 88.0 cm³/mol. The van der Waals surface area contributed by atoms with Crippen LogP contribution in [0.1, 0.15) is 39.6 Å². The highest BCUT2D eigenvalue weighted by Gasteiger charge is 2.29. The Bertz CT molecular complexity index is 709. The lowest BCUT2D eigenvalue weighted by atomic mass is 10.1. The summed E-state index contributed by atoms with van der Waals surface area (Å²) in [7, 11) is 0. The molecule has 1 saturated heterocycles. The number of rotatable bonds is 5. The highest BCUT2D eigenvalue weighted by molar-refractivity contribution is 5.92. The molecule has 3 rings (SSSR count). The topological polar surface area (TPSA) is 99.4 Å². The molecule has 0 bridgehead atoms. The molecule has 1 aliphatic rings. The van der Waals surface area contributed by atoms with Crippen LogP contribution in [0.2, 0.25) is 0 Å². The number of ether oxygens (including phenoxy) is 2. The summed E-state index contributed by atoms with van der Waals surface area (Å²) in [6.07, 6.45) is 3.59. The number of nitrogens with zero attached hydrogens (tertiary/aromatic N) is 3. The fraction of sp³-hybridized carbons (Fsp3) is 0.529. The number of carbonyl (C=O) groups excluding carboxylic acids is 1. The highest BCUT2D eigenvalue weighted by atomic mass is 16.5. The summed E-state index contributed by atoms with van der Waals surface area (Å²) >= 11 is 0. The molecule has 0 aliphatic carbocycles. The molecule has 2 aromatic rings. The zero-order chi connectivity index (χ0) is 17.8. The van der Waals surface area contributed by atoms with Crippen molar-refractivity contribution in [2.75, 3.05) is 13.2 Å². The van der Waals surface area contributed by atoms with E-state index < -0.39 is 0 Å². The Morgan fingerprint density at radius 2 is 2.16 bits per heavy atom. The second-order valence-electron chi connectivity index (χ2n) is 6.14. The van der Waals surface area contributed by atoms with Gasteiger partial charge in [-0.3, -0.25) is 9.78 Å². The first-order valence-electron chi connectivity index (χ1n) is 8.25. The standard InChI is InChI=1S/C17H22N4O4/c1-10-6-19-14(7-18-10)17(22)20-15-9-23-5-4-16(15)24-8-13-11(2)21-25-12(13)3/h6-7,15-16H,4-5,8-9H2,1-3H3,(H,20,22)/t15-,16+/m1/s1. The van der Waals surface area contributed by atoms with Crippen LogP contribution in [0.3, 0.4) is 0 Å². The monoisotopic (exact) mass is 346 g/mol. The van der Waals surface area contributed by atoms with Crippen molar-refractivity contribution in [2.45, 2.75) is 45.9 Å². The van der Waals surface area contributed by atoms with Crippen LogP contribution >= 0.6 is 0 Å². The predicted octanol–water partition coefficient (Wildman–Crippen LogP) is 1.49. The van der Waals surface area contributed by atoms with Crippen molar-refractivity contribution in [3.63, 3.8) is 0 Å². The molecule has 0 saturated carbocycles. The lowest BCUT2D eigenvalue weighted by molar-refractivity contribution is -0.0608. The van der Waals surface area contributed by atoms with Crippen molar-refractivity contribution in [3.05, 3.63) is 40.8 Å². The second kappa shape index (κ2) is 7.71. The van der Waals surface area contributed by atoms with Crippen LogP contribution in [-0.4, -0.2) is 46.4 Å². The number of carbonyl (C=O) groups is 1. The summed E-state index contributed by atoms with van der Waals surface area (Å²) in [5.41, 5.74) is 2.81. The van der Waals surface area contributed by atoms with E-state index in [9.17, 15) is 4.79 Å². The Morgan fingerprint density at radius 3 is 2.84 bits per heavy atom. The molecule has 8 heteroatoms. The van der Waals surface area contributed by atoms with Crippen LogP contribution in [0, 0.1) is 20.8 Å². The van der Waals surface area contributed by atoms with E-state index in [2.05, 4.69) is 20.4 Å². The summed E-state index contributed by atoms with van der Waals surface area (Å²) < 4.78 is 16.7. The molecular formula is C17H22N4O4. The molecule has 0 unspecified atom stereocenters. The Hall–Kier alpha value is -2.32. The minimum absolute atomic E-state index is 0.148. The minimum atomic E-state index is -0.283. The van der Waals surface area contributed by atoms with Gasteiger partial charge in [0, 0.05) is 18.4 Å². The highest BCUT2D eigenvalue weighted by Crippen LogP contribution is 2.18. The second-order valence-corrected chi connectivity index (χ2v) is 6.14. The van der Waals surface area contributed by atoms with Crippen molar-refractivity contribution in [3.8, 4) is 0 Å². The Labute approximate surface area is 145 Å². The molecule has 134 valence electrons. The Morgan fingerprint density at radius 1 is 1.32 bits per heavy atom. The molecule has 25 heavy (non-hydrogen) atoms. The molecule has 1 fully saturated rings. The molecule has 0 spiro atoms. The van der Waals surface area contributed by atoms with E-state index in [1.165, 1.54) is 6.20 Å². The van der Waals surface area contributed by atoms with Gasteiger partial charge in [0.15, 0.2) is 0 Å². The molecule has 0 radical (unpaired) electrons. The summed E-state index contributed by atoms with van der Waals surface area (Å²) in [5, 5.41) is 6.86. The average molecular weight is 346 g/mol. The van der Waals surface area contributed by atoms with E-state index in [1.54, 1.807) is 6.20 Å². The van der Waals surface area contributed by atoms with Gasteiger partial charge in [-0.15, -0.1) is 0 Å². The molecule has 2 atom stereocenters. The van der Waals surface area contributed by atoms with Crippen molar-refractivity contribution in [1.82, 2.24) is 20.4 Å². The normalized spacial score (nSPS) is 20.4. The first kappa shape index (κ1) is 17.5. The number of amides is 1. The maximum Gasteiger partial charge on any atom is 0.271 e. The lowest BCUT2D eigenvalue weighted by Crippen LogP contribution is -2.50. The maximum atomic E-state index is 12.4. The van der Waals surface area contributed by atoms with E-state index >= 15 is 0 Å². The first-order chi connectivity index (χ1) is 12.0. The fourth-order valence-electron chi connectivity index (χ4n) is 2.70. The maximum absolute atomic E-state index is 12.4. The van der Waals surface area contributed by atoms with Gasteiger partial charge in [0.05, 0.1) is 42.9 Å². The lowest BCUT2D eigenvalue weighted by Gasteiger charge is -2.32. The van der Waals surface area contributed by atoms with Gasteiger partial charge >= 0.3 is 0 Å². The van der Waals surface area contributed by atoms with Crippen molar-refractivity contribution < 1.29 is 18.8 Å². The molecule has 1 aliphatic heterocycles. The van der Waals surface area contributed by atoms with Crippen LogP contribution in [0.25, 0.3) is 0 Å². The molecular weight excluding hydrogens is 324 g/mol. The van der Waals surface area contributed by atoms with E-state index in [4.69, 9.17) is 14.0 Å². The number of nitrogens with one attached hydrogen (secondary N) is 1. The van der Waals surface area contributed by atoms with Gasteiger partial charge in [-0.1, -0.05) is 5.16 Å². The van der Waals surface area contributed by atoms with E-state index in [1.807, 2.05) is 20.8 Å². The molecule has 8 nitrogen and oxygen atoms in total. The number of aryl methyl sites for hydroxylation is 3. The molecule has 2 aromatic heterocycles. The third kappa shape index (κ3) is 4.21. The van der Waals surface area contributed by atoms with Gasteiger partial charge in [-0.25, -0.2) is 4.98 Å². The van der Waals surface area contributed by atoms with Crippen LogP contribution in [-0.2, 0) is 16.1 Å². The molecule has 1 amide bonds. The zero-order valence-corrected chi connectivity index (χ0v) is 14.6. The summed E-state index contributed by atoms with van der Waals surface area (Å²) in [6, 6.07) is -0.246. The third-order valence-electron chi connectivity index (χ3n) is 4.25. The summed E-state index contributed by atoms with van der Waals surface area (Å²) in [4.78, 5) is 20.6. The van der Waals surface area contributed by atoms with Gasteiger partial charge in [0.25, 0.3) is 5.91 Å². The largest absolute Gasteiger partial charge is 0.379 e. The summed E-state index contributed by atoms with van der Waals surface area (Å²) in [6.45, 7) is 6.96. The fourth-order valence-corrected chi connectivity index (χ4v) is 2.70. The molecule has 1 N–H and O–H groups in total. The zero-order valence-electron chi connectivity index (χ0n) is 14.6. The van der Waals surface area contributed by atoms with Crippen LogP contribution in [0.15, 0.2) is 16.9 Å². The van der Waals surface area contributed by atoms with Crippen LogP contribution in [0.4, 0.5) is 0 Å². The third-order valence-corrected chi connectivity index (χ3v) is 4.25. The van der Waals surface area contributed by atoms with Gasteiger partial charge < -0.3 is 19.3 Å². The Kier molecular flexibility index (Phi) is 5.40. The number of hydrogen-bond donors (Lipinski definition) is 1. The minimum Gasteiger partial charge on any atom is -0.379 e. The summed E-state index contributed by atoms with van der Waals surface area (Å²) in [5.74, 6) is 0.467. The number of hydrogen-bond acceptors (Lipinski definition) is 7. The van der Waals surface area contributed by atoms with Gasteiger partial charge in [-0.2, -0.15) is 0 Å². The first-order valence-corrected chi connectivity index (χ1v) is 8.25. The SMILES string of the molecule is Cc1cnc(C(=O)N[C@@H]2COCC[C@@H]2OCc2c(C)noc2C)cn1. The quantitative estimate of drug-likeness (QED) is 0.875. The molecule has 3 heterocycles. The number of aromatic nitrogens is 3. The molecule has 0 aromatic carbocycles. The van der Waals surface area contributed by atoms with Gasteiger partial charge in [-0.05, 0) is 27.2 Å². The van der Waals surface area contributed by atoms with Crippen molar-refractivity contribution in [2.24, 2.45) is 0 Å².